The molecule has 5 nitrogen and oxygen atoms in total. The lowest BCUT2D eigenvalue weighted by atomic mass is 10.1. The van der Waals surface area contributed by atoms with Crippen molar-refractivity contribution >= 4 is 17.5 Å². The van der Waals surface area contributed by atoms with Crippen molar-refractivity contribution in [1.82, 2.24) is 15.3 Å². The topological polar surface area (TPSA) is 66.9 Å². The standard InChI is InChI=1S/C17H20N4O/c1-5-7-18-16(22)14-6-8-19-17(20-14)21-15-12(3)9-11(2)10-13(15)4/h5-6,8-10H,1,7H2,2-4H3,(H,18,22)(H,19,20,21). The maximum atomic E-state index is 11.9. The van der Waals surface area contributed by atoms with Crippen molar-refractivity contribution < 1.29 is 4.79 Å². The SMILES string of the molecule is C=CCNC(=O)c1ccnc(Nc2c(C)cc(C)cc2C)n1. The number of aryl methyl sites for hydroxylation is 3. The van der Waals surface area contributed by atoms with Crippen LogP contribution in [0.1, 0.15) is 27.2 Å². The fraction of sp³-hybridized carbons (Fsp3) is 0.235. The maximum Gasteiger partial charge on any atom is 0.270 e. The Bertz CT molecular complexity index is 687. The molecule has 0 atom stereocenters. The molecule has 0 bridgehead atoms. The lowest BCUT2D eigenvalue weighted by Gasteiger charge is -2.13. The second-order valence-corrected chi connectivity index (χ2v) is 5.16. The highest BCUT2D eigenvalue weighted by Crippen LogP contribution is 2.24. The first-order valence-corrected chi connectivity index (χ1v) is 7.08. The summed E-state index contributed by atoms with van der Waals surface area (Å²) in [6.45, 7) is 10.1. The lowest BCUT2D eigenvalue weighted by Crippen LogP contribution is -2.24. The molecule has 1 amide bonds. The molecule has 0 radical (unpaired) electrons. The molecular weight excluding hydrogens is 276 g/mol. The fourth-order valence-corrected chi connectivity index (χ4v) is 2.29. The monoisotopic (exact) mass is 296 g/mol. The van der Waals surface area contributed by atoms with Crippen LogP contribution in [0.2, 0.25) is 0 Å². The molecule has 2 N–H and O–H groups in total. The first-order chi connectivity index (χ1) is 10.5. The predicted molar refractivity (Wildman–Crippen MR) is 88.5 cm³/mol. The molecule has 114 valence electrons. The fourth-order valence-electron chi connectivity index (χ4n) is 2.29. The number of carbonyl (C=O) groups is 1. The van der Waals surface area contributed by atoms with Crippen LogP contribution in [0.25, 0.3) is 0 Å². The molecule has 2 rings (SSSR count). The van der Waals surface area contributed by atoms with Crippen LogP contribution < -0.4 is 10.6 Å². The third-order valence-corrected chi connectivity index (χ3v) is 3.21. The number of nitrogens with zero attached hydrogens (tertiary/aromatic N) is 2. The molecule has 5 heteroatoms. The van der Waals surface area contributed by atoms with E-state index in [4.69, 9.17) is 0 Å². The summed E-state index contributed by atoms with van der Waals surface area (Å²) in [5.41, 5.74) is 4.72. The highest BCUT2D eigenvalue weighted by molar-refractivity contribution is 5.92. The van der Waals surface area contributed by atoms with Gasteiger partial charge in [-0.3, -0.25) is 4.79 Å². The molecular formula is C17H20N4O. The third-order valence-electron chi connectivity index (χ3n) is 3.21. The summed E-state index contributed by atoms with van der Waals surface area (Å²) >= 11 is 0. The number of aromatic nitrogens is 2. The molecule has 0 aliphatic heterocycles. The number of benzene rings is 1. The summed E-state index contributed by atoms with van der Waals surface area (Å²) < 4.78 is 0. The maximum absolute atomic E-state index is 11.9. The second kappa shape index (κ2) is 6.85. The zero-order chi connectivity index (χ0) is 16.1. The Hall–Kier alpha value is -2.69. The van der Waals surface area contributed by atoms with Gasteiger partial charge in [0.1, 0.15) is 5.69 Å². The van der Waals surface area contributed by atoms with E-state index in [1.165, 1.54) is 5.56 Å². The number of hydrogen-bond donors (Lipinski definition) is 2. The molecule has 22 heavy (non-hydrogen) atoms. The zero-order valence-electron chi connectivity index (χ0n) is 13.1. The number of anilines is 2. The molecule has 1 aromatic carbocycles. The van der Waals surface area contributed by atoms with Crippen LogP contribution in [0.15, 0.2) is 37.1 Å². The number of hydrogen-bond acceptors (Lipinski definition) is 4. The molecule has 0 spiro atoms. The summed E-state index contributed by atoms with van der Waals surface area (Å²) in [5, 5.41) is 5.89. The van der Waals surface area contributed by atoms with E-state index in [9.17, 15) is 4.79 Å². The third kappa shape index (κ3) is 3.69. The van der Waals surface area contributed by atoms with Crippen LogP contribution >= 0.6 is 0 Å². The molecule has 0 aliphatic rings. The lowest BCUT2D eigenvalue weighted by molar-refractivity contribution is 0.0953. The largest absolute Gasteiger partial charge is 0.347 e. The molecule has 1 aromatic heterocycles. The molecule has 0 aliphatic carbocycles. The second-order valence-electron chi connectivity index (χ2n) is 5.16. The van der Waals surface area contributed by atoms with Gasteiger partial charge in [0.25, 0.3) is 5.91 Å². The zero-order valence-corrected chi connectivity index (χ0v) is 13.1. The van der Waals surface area contributed by atoms with E-state index in [0.29, 0.717) is 18.2 Å². The van der Waals surface area contributed by atoms with E-state index < -0.39 is 0 Å². The van der Waals surface area contributed by atoms with Gasteiger partial charge in [-0.1, -0.05) is 23.8 Å². The van der Waals surface area contributed by atoms with E-state index in [2.05, 4.69) is 46.2 Å². The van der Waals surface area contributed by atoms with Gasteiger partial charge in [-0.25, -0.2) is 9.97 Å². The Morgan fingerprint density at radius 1 is 1.27 bits per heavy atom. The van der Waals surface area contributed by atoms with Gasteiger partial charge < -0.3 is 10.6 Å². The van der Waals surface area contributed by atoms with Crippen molar-refractivity contribution in [1.29, 1.82) is 0 Å². The molecule has 0 saturated heterocycles. The highest BCUT2D eigenvalue weighted by atomic mass is 16.1. The van der Waals surface area contributed by atoms with E-state index >= 15 is 0 Å². The summed E-state index contributed by atoms with van der Waals surface area (Å²) in [7, 11) is 0. The minimum absolute atomic E-state index is 0.247. The predicted octanol–water partition coefficient (Wildman–Crippen LogP) is 3.06. The van der Waals surface area contributed by atoms with Crippen molar-refractivity contribution in [2.75, 3.05) is 11.9 Å². The van der Waals surface area contributed by atoms with Crippen LogP contribution in [-0.2, 0) is 0 Å². The Morgan fingerprint density at radius 2 is 1.95 bits per heavy atom. The minimum Gasteiger partial charge on any atom is -0.347 e. The van der Waals surface area contributed by atoms with Gasteiger partial charge in [0.15, 0.2) is 0 Å². The normalized spacial score (nSPS) is 10.1. The number of carbonyl (C=O) groups excluding carboxylic acids is 1. The van der Waals surface area contributed by atoms with Crippen molar-refractivity contribution in [2.24, 2.45) is 0 Å². The van der Waals surface area contributed by atoms with Gasteiger partial charge in [0, 0.05) is 18.4 Å². The minimum atomic E-state index is -0.247. The van der Waals surface area contributed by atoms with Gasteiger partial charge in [0.2, 0.25) is 5.95 Å². The van der Waals surface area contributed by atoms with Gasteiger partial charge in [-0.15, -0.1) is 6.58 Å². The Labute approximate surface area is 130 Å². The smallest absolute Gasteiger partial charge is 0.270 e. The van der Waals surface area contributed by atoms with Crippen molar-refractivity contribution in [3.63, 3.8) is 0 Å². The van der Waals surface area contributed by atoms with E-state index in [-0.39, 0.29) is 5.91 Å². The average molecular weight is 296 g/mol. The van der Waals surface area contributed by atoms with E-state index in [0.717, 1.165) is 16.8 Å². The van der Waals surface area contributed by atoms with Crippen molar-refractivity contribution in [3.05, 3.63) is 59.4 Å². The van der Waals surface area contributed by atoms with Crippen LogP contribution in [0, 0.1) is 20.8 Å². The Morgan fingerprint density at radius 3 is 2.59 bits per heavy atom. The first kappa shape index (κ1) is 15.7. The molecule has 2 aromatic rings. The Kier molecular flexibility index (Phi) is 4.88. The molecule has 1 heterocycles. The molecule has 0 fully saturated rings. The van der Waals surface area contributed by atoms with E-state index in [1.807, 2.05) is 13.8 Å². The van der Waals surface area contributed by atoms with Crippen molar-refractivity contribution in [2.45, 2.75) is 20.8 Å². The number of amides is 1. The van der Waals surface area contributed by atoms with Gasteiger partial charge in [0.05, 0.1) is 0 Å². The number of nitrogens with one attached hydrogen (secondary N) is 2. The van der Waals surface area contributed by atoms with Crippen LogP contribution in [0.4, 0.5) is 11.6 Å². The Balaban J connectivity index is 2.24. The quantitative estimate of drug-likeness (QED) is 0.832. The average Bonchev–Trinajstić information content (AvgIpc) is 2.48. The van der Waals surface area contributed by atoms with Gasteiger partial charge in [-0.2, -0.15) is 0 Å². The molecule has 0 saturated carbocycles. The highest BCUT2D eigenvalue weighted by Gasteiger charge is 2.10. The van der Waals surface area contributed by atoms with Gasteiger partial charge in [-0.05, 0) is 38.0 Å². The summed E-state index contributed by atoms with van der Waals surface area (Å²) in [6, 6.07) is 5.77. The summed E-state index contributed by atoms with van der Waals surface area (Å²) in [5.74, 6) is 0.156. The molecule has 0 unspecified atom stereocenters. The van der Waals surface area contributed by atoms with Crippen LogP contribution in [0.3, 0.4) is 0 Å². The number of rotatable bonds is 5. The summed E-state index contributed by atoms with van der Waals surface area (Å²) in [4.78, 5) is 20.3. The van der Waals surface area contributed by atoms with Crippen molar-refractivity contribution in [3.8, 4) is 0 Å². The van der Waals surface area contributed by atoms with Gasteiger partial charge >= 0.3 is 0 Å². The summed E-state index contributed by atoms with van der Waals surface area (Å²) in [6.07, 6.45) is 3.19. The van der Waals surface area contributed by atoms with Crippen LogP contribution in [-0.4, -0.2) is 22.4 Å². The van der Waals surface area contributed by atoms with E-state index in [1.54, 1.807) is 18.3 Å². The van der Waals surface area contributed by atoms with Crippen LogP contribution in [0.5, 0.6) is 0 Å². The first-order valence-electron chi connectivity index (χ1n) is 7.08.